The lowest BCUT2D eigenvalue weighted by Gasteiger charge is -2.26. The predicted octanol–water partition coefficient (Wildman–Crippen LogP) is 6.23. The quantitative estimate of drug-likeness (QED) is 0.346. The molecule has 1 aliphatic heterocycles. The second-order valence-corrected chi connectivity index (χ2v) is 8.99. The Morgan fingerprint density at radius 3 is 2.32 bits per heavy atom. The summed E-state index contributed by atoms with van der Waals surface area (Å²) in [6, 6.07) is 18.6. The molecule has 0 aliphatic carbocycles. The third-order valence-electron chi connectivity index (χ3n) is 5.99. The molecule has 4 nitrogen and oxygen atoms in total. The monoisotopic (exact) mass is 473 g/mol. The maximum absolute atomic E-state index is 13.6. The molecule has 0 fully saturated rings. The second kappa shape index (κ2) is 7.20. The van der Waals surface area contributed by atoms with Crippen LogP contribution in [0.15, 0.2) is 74.3 Å². The van der Waals surface area contributed by atoms with E-state index in [2.05, 4.69) is 15.9 Å². The van der Waals surface area contributed by atoms with Gasteiger partial charge in [0.05, 0.1) is 17.0 Å². The van der Waals surface area contributed by atoms with Crippen molar-refractivity contribution in [2.24, 2.45) is 0 Å². The number of hydrogen-bond donors (Lipinski definition) is 0. The molecule has 5 rings (SSSR count). The van der Waals surface area contributed by atoms with Gasteiger partial charge in [0.2, 0.25) is 5.76 Å². The third kappa shape index (κ3) is 3.12. The van der Waals surface area contributed by atoms with E-state index in [-0.39, 0.29) is 17.1 Å². The van der Waals surface area contributed by atoms with Crippen molar-refractivity contribution in [1.82, 2.24) is 0 Å². The van der Waals surface area contributed by atoms with E-state index in [0.717, 1.165) is 32.4 Å². The summed E-state index contributed by atoms with van der Waals surface area (Å²) in [6.45, 7) is 6.06. The Bertz CT molecular complexity index is 1420. The zero-order valence-electron chi connectivity index (χ0n) is 17.4. The molecule has 1 atom stereocenters. The van der Waals surface area contributed by atoms with Gasteiger partial charge in [-0.25, -0.2) is 0 Å². The van der Waals surface area contributed by atoms with Gasteiger partial charge in [0.1, 0.15) is 5.58 Å². The molecular weight excluding hydrogens is 454 g/mol. The normalized spacial score (nSPS) is 15.5. The summed E-state index contributed by atoms with van der Waals surface area (Å²) < 4.78 is 6.81. The molecule has 0 spiro atoms. The van der Waals surface area contributed by atoms with E-state index in [1.165, 1.54) is 0 Å². The number of nitrogens with zero attached hydrogens (tertiary/aromatic N) is 1. The largest absolute Gasteiger partial charge is 0.450 e. The molecule has 0 saturated heterocycles. The molecule has 0 bridgehead atoms. The second-order valence-electron chi connectivity index (χ2n) is 8.07. The first kappa shape index (κ1) is 19.8. The molecule has 1 aliphatic rings. The van der Waals surface area contributed by atoms with Gasteiger partial charge < -0.3 is 4.42 Å². The van der Waals surface area contributed by atoms with Gasteiger partial charge in [-0.05, 0) is 67.8 Å². The van der Waals surface area contributed by atoms with Crippen LogP contribution in [0.1, 0.15) is 44.4 Å². The molecule has 0 N–H and O–H groups in total. The van der Waals surface area contributed by atoms with Crippen LogP contribution in [0.2, 0.25) is 0 Å². The fourth-order valence-electron chi connectivity index (χ4n) is 4.15. The number of halogens is 1. The number of carbonyl (C=O) groups excluding carboxylic acids is 1. The minimum atomic E-state index is -0.551. The summed E-state index contributed by atoms with van der Waals surface area (Å²) in [5.74, 6) is -0.186. The van der Waals surface area contributed by atoms with Crippen molar-refractivity contribution in [1.29, 1.82) is 0 Å². The molecule has 31 heavy (non-hydrogen) atoms. The molecule has 5 heteroatoms. The topological polar surface area (TPSA) is 50.5 Å². The lowest BCUT2D eigenvalue weighted by atomic mass is 9.97. The van der Waals surface area contributed by atoms with E-state index in [4.69, 9.17) is 4.42 Å². The number of fused-ring (bicyclic) bond motifs is 2. The molecular formula is C26H20BrNO3. The first-order valence-electron chi connectivity index (χ1n) is 10.1. The Balaban J connectivity index is 1.82. The SMILES string of the molecule is Cc1ccc(C2c3c(oc4ccc(Br)cc4c3=O)C(=O)N2c2ccc(C)c(C)c2)cc1. The average Bonchev–Trinajstić information content (AvgIpc) is 3.04. The first-order valence-corrected chi connectivity index (χ1v) is 10.9. The van der Waals surface area contributed by atoms with Crippen LogP contribution in [-0.2, 0) is 0 Å². The predicted molar refractivity (Wildman–Crippen MR) is 126 cm³/mol. The third-order valence-corrected chi connectivity index (χ3v) is 6.49. The fourth-order valence-corrected chi connectivity index (χ4v) is 4.51. The lowest BCUT2D eigenvalue weighted by molar-refractivity contribution is 0.0971. The number of amides is 1. The highest BCUT2D eigenvalue weighted by Gasteiger charge is 2.43. The first-order chi connectivity index (χ1) is 14.8. The van der Waals surface area contributed by atoms with E-state index in [1.807, 2.05) is 63.2 Å². The summed E-state index contributed by atoms with van der Waals surface area (Å²) in [5.41, 5.74) is 5.57. The smallest absolute Gasteiger partial charge is 0.295 e. The fraction of sp³-hybridized carbons (Fsp3) is 0.154. The van der Waals surface area contributed by atoms with Gasteiger partial charge in [-0.1, -0.05) is 51.8 Å². The van der Waals surface area contributed by atoms with Crippen molar-refractivity contribution < 1.29 is 9.21 Å². The van der Waals surface area contributed by atoms with E-state index >= 15 is 0 Å². The van der Waals surface area contributed by atoms with Crippen LogP contribution in [0.3, 0.4) is 0 Å². The molecule has 1 amide bonds. The zero-order chi connectivity index (χ0) is 21.9. The number of rotatable bonds is 2. The van der Waals surface area contributed by atoms with Gasteiger partial charge >= 0.3 is 0 Å². The Kier molecular flexibility index (Phi) is 4.59. The summed E-state index contributed by atoms with van der Waals surface area (Å²) in [4.78, 5) is 28.9. The van der Waals surface area contributed by atoms with Crippen molar-refractivity contribution in [2.75, 3.05) is 4.90 Å². The van der Waals surface area contributed by atoms with Gasteiger partial charge in [-0.2, -0.15) is 0 Å². The highest BCUT2D eigenvalue weighted by molar-refractivity contribution is 9.10. The number of aryl methyl sites for hydroxylation is 3. The van der Waals surface area contributed by atoms with Gasteiger partial charge in [-0.3, -0.25) is 14.5 Å². The minimum absolute atomic E-state index is 0.114. The van der Waals surface area contributed by atoms with Crippen molar-refractivity contribution >= 4 is 38.5 Å². The maximum Gasteiger partial charge on any atom is 0.295 e. The van der Waals surface area contributed by atoms with Crippen molar-refractivity contribution in [3.05, 3.63) is 109 Å². The zero-order valence-corrected chi connectivity index (χ0v) is 19.0. The minimum Gasteiger partial charge on any atom is -0.450 e. The molecule has 0 radical (unpaired) electrons. The molecule has 3 aromatic carbocycles. The van der Waals surface area contributed by atoms with E-state index in [0.29, 0.717) is 16.5 Å². The van der Waals surface area contributed by atoms with E-state index in [9.17, 15) is 9.59 Å². The van der Waals surface area contributed by atoms with Crippen molar-refractivity contribution in [3.63, 3.8) is 0 Å². The van der Waals surface area contributed by atoms with Crippen LogP contribution in [0.4, 0.5) is 5.69 Å². The highest BCUT2D eigenvalue weighted by Crippen LogP contribution is 2.41. The van der Waals surface area contributed by atoms with Crippen LogP contribution in [0.25, 0.3) is 11.0 Å². The van der Waals surface area contributed by atoms with Gasteiger partial charge in [-0.15, -0.1) is 0 Å². The summed E-state index contributed by atoms with van der Waals surface area (Å²) in [6.07, 6.45) is 0. The molecule has 0 saturated carbocycles. The molecule has 4 aromatic rings. The Morgan fingerprint density at radius 1 is 0.871 bits per heavy atom. The Labute approximate surface area is 188 Å². The van der Waals surface area contributed by atoms with Crippen molar-refractivity contribution in [2.45, 2.75) is 26.8 Å². The number of anilines is 1. The standard InChI is InChI=1S/C26H20BrNO3/c1-14-4-7-17(8-5-14)23-22-24(29)20-13-18(27)9-11-21(20)31-25(22)26(30)28(23)19-10-6-15(2)16(3)12-19/h4-13,23H,1-3H3. The van der Waals surface area contributed by atoms with Gasteiger partial charge in [0.15, 0.2) is 5.43 Å². The van der Waals surface area contributed by atoms with Crippen LogP contribution in [0, 0.1) is 20.8 Å². The number of benzene rings is 3. The molecule has 154 valence electrons. The summed E-state index contributed by atoms with van der Waals surface area (Å²) in [7, 11) is 0. The maximum atomic E-state index is 13.6. The average molecular weight is 474 g/mol. The summed E-state index contributed by atoms with van der Waals surface area (Å²) >= 11 is 3.43. The number of carbonyl (C=O) groups is 1. The van der Waals surface area contributed by atoms with Crippen molar-refractivity contribution in [3.8, 4) is 0 Å². The molecule has 2 heterocycles. The molecule has 1 aromatic heterocycles. The van der Waals surface area contributed by atoms with E-state index < -0.39 is 6.04 Å². The van der Waals surface area contributed by atoms with Crippen LogP contribution >= 0.6 is 15.9 Å². The molecule has 1 unspecified atom stereocenters. The van der Waals surface area contributed by atoms with Crippen LogP contribution < -0.4 is 10.3 Å². The Hall–Kier alpha value is -3.18. The Morgan fingerprint density at radius 2 is 1.61 bits per heavy atom. The highest BCUT2D eigenvalue weighted by atomic mass is 79.9. The van der Waals surface area contributed by atoms with Gasteiger partial charge in [0.25, 0.3) is 5.91 Å². The van der Waals surface area contributed by atoms with Crippen LogP contribution in [-0.4, -0.2) is 5.91 Å². The van der Waals surface area contributed by atoms with Gasteiger partial charge in [0, 0.05) is 10.2 Å². The van der Waals surface area contributed by atoms with E-state index in [1.54, 1.807) is 23.1 Å². The van der Waals surface area contributed by atoms with Crippen LogP contribution in [0.5, 0.6) is 0 Å². The number of hydrogen-bond acceptors (Lipinski definition) is 3. The summed E-state index contributed by atoms with van der Waals surface area (Å²) in [5, 5.41) is 0.458. The lowest BCUT2D eigenvalue weighted by Crippen LogP contribution is -2.29.